The van der Waals surface area contributed by atoms with E-state index >= 15 is 0 Å². The van der Waals surface area contributed by atoms with Crippen LogP contribution < -0.4 is 0 Å². The number of hydrogen-bond donors (Lipinski definition) is 0. The van der Waals surface area contributed by atoms with E-state index in [1.54, 1.807) is 0 Å². The van der Waals surface area contributed by atoms with Crippen LogP contribution in [0.2, 0.25) is 0 Å². The van der Waals surface area contributed by atoms with Crippen molar-refractivity contribution in [3.8, 4) is 0 Å². The minimum atomic E-state index is -0.0706. The molecule has 30 heavy (non-hydrogen) atoms. The average molecular weight is 387 g/mol. The van der Waals surface area contributed by atoms with E-state index in [0.717, 1.165) is 23.7 Å². The third-order valence-corrected chi connectivity index (χ3v) is 6.57. The van der Waals surface area contributed by atoms with Crippen molar-refractivity contribution in [3.63, 3.8) is 0 Å². The molecule has 0 fully saturated rings. The summed E-state index contributed by atoms with van der Waals surface area (Å²) >= 11 is 0. The SMILES string of the molecule is O=C1CCc2c(ccc3c2ccc2ccccc23)C1Cc1ccc2ncccc2c1. The number of carbonyl (C=O) groups is 1. The van der Waals surface area contributed by atoms with Crippen LogP contribution in [0, 0.1) is 0 Å². The van der Waals surface area contributed by atoms with Gasteiger partial charge in [-0.05, 0) is 69.3 Å². The topological polar surface area (TPSA) is 30.0 Å². The molecule has 2 nitrogen and oxygen atoms in total. The average Bonchev–Trinajstić information content (AvgIpc) is 2.80. The van der Waals surface area contributed by atoms with Gasteiger partial charge in [0, 0.05) is 23.9 Å². The number of nitrogens with zero attached hydrogens (tertiary/aromatic N) is 1. The maximum atomic E-state index is 13.0. The second-order valence-corrected chi connectivity index (χ2v) is 8.27. The molecule has 1 aliphatic rings. The summed E-state index contributed by atoms with van der Waals surface area (Å²) in [6, 6.07) is 27.8. The highest BCUT2D eigenvalue weighted by molar-refractivity contribution is 6.09. The predicted octanol–water partition coefficient (Wildman–Crippen LogP) is 6.38. The first kappa shape index (κ1) is 17.3. The molecule has 0 amide bonds. The molecule has 1 unspecified atom stereocenters. The molecule has 0 aliphatic heterocycles. The van der Waals surface area contributed by atoms with Crippen LogP contribution >= 0.6 is 0 Å². The first-order valence-corrected chi connectivity index (χ1v) is 10.6. The molecule has 0 radical (unpaired) electrons. The Bertz CT molecular complexity index is 1450. The Morgan fingerprint density at radius 1 is 0.767 bits per heavy atom. The zero-order chi connectivity index (χ0) is 20.1. The van der Waals surface area contributed by atoms with Gasteiger partial charge in [-0.1, -0.05) is 60.7 Å². The lowest BCUT2D eigenvalue weighted by atomic mass is 9.76. The second kappa shape index (κ2) is 6.77. The lowest BCUT2D eigenvalue weighted by Crippen LogP contribution is -2.22. The van der Waals surface area contributed by atoms with Gasteiger partial charge in [-0.15, -0.1) is 0 Å². The smallest absolute Gasteiger partial charge is 0.141 e. The molecule has 1 heterocycles. The molecule has 0 spiro atoms. The molecule has 1 atom stereocenters. The third kappa shape index (κ3) is 2.72. The highest BCUT2D eigenvalue weighted by Crippen LogP contribution is 2.38. The minimum Gasteiger partial charge on any atom is -0.299 e. The zero-order valence-corrected chi connectivity index (χ0v) is 16.6. The first-order chi connectivity index (χ1) is 14.8. The normalized spacial score (nSPS) is 16.3. The summed E-state index contributed by atoms with van der Waals surface area (Å²) in [6.07, 6.45) is 4.02. The van der Waals surface area contributed by atoms with E-state index in [9.17, 15) is 4.79 Å². The minimum absolute atomic E-state index is 0.0706. The molecule has 0 bridgehead atoms. The number of aryl methyl sites for hydroxylation is 1. The van der Waals surface area contributed by atoms with Gasteiger partial charge in [-0.25, -0.2) is 0 Å². The van der Waals surface area contributed by atoms with E-state index < -0.39 is 0 Å². The van der Waals surface area contributed by atoms with Gasteiger partial charge in [0.2, 0.25) is 0 Å². The van der Waals surface area contributed by atoms with E-state index in [4.69, 9.17) is 0 Å². The lowest BCUT2D eigenvalue weighted by Gasteiger charge is -2.26. The number of pyridine rings is 1. The van der Waals surface area contributed by atoms with Gasteiger partial charge in [0.25, 0.3) is 0 Å². The largest absolute Gasteiger partial charge is 0.299 e. The van der Waals surface area contributed by atoms with Crippen LogP contribution in [0.4, 0.5) is 0 Å². The molecule has 1 aliphatic carbocycles. The standard InChI is InChI=1S/C28H21NO/c30-28-14-12-24-23-9-8-19-4-1-2-6-21(19)22(23)10-11-25(24)26(28)17-18-7-13-27-20(16-18)5-3-15-29-27/h1-11,13,15-16,26H,12,14,17H2. The zero-order valence-electron chi connectivity index (χ0n) is 16.6. The van der Waals surface area contributed by atoms with Gasteiger partial charge in [0.1, 0.15) is 5.78 Å². The van der Waals surface area contributed by atoms with Crippen LogP contribution in [0.1, 0.15) is 29.0 Å². The Kier molecular flexibility index (Phi) is 3.92. The molecule has 6 rings (SSSR count). The van der Waals surface area contributed by atoms with E-state index in [-0.39, 0.29) is 5.92 Å². The Morgan fingerprint density at radius 3 is 2.60 bits per heavy atom. The van der Waals surface area contributed by atoms with Crippen LogP contribution in [-0.4, -0.2) is 10.8 Å². The summed E-state index contributed by atoms with van der Waals surface area (Å²) in [7, 11) is 0. The highest BCUT2D eigenvalue weighted by Gasteiger charge is 2.29. The van der Waals surface area contributed by atoms with Crippen LogP contribution in [0.3, 0.4) is 0 Å². The fraction of sp³-hybridized carbons (Fsp3) is 0.143. The molecular weight excluding hydrogens is 366 g/mol. The lowest BCUT2D eigenvalue weighted by molar-refractivity contribution is -0.120. The summed E-state index contributed by atoms with van der Waals surface area (Å²) < 4.78 is 0. The molecule has 0 saturated heterocycles. The van der Waals surface area contributed by atoms with Crippen molar-refractivity contribution in [1.29, 1.82) is 0 Å². The molecule has 0 N–H and O–H groups in total. The number of benzene rings is 4. The van der Waals surface area contributed by atoms with E-state index in [0.29, 0.717) is 12.2 Å². The van der Waals surface area contributed by atoms with Gasteiger partial charge in [0.15, 0.2) is 0 Å². The Hall–Kier alpha value is -3.52. The summed E-state index contributed by atoms with van der Waals surface area (Å²) in [5.41, 5.74) is 4.75. The molecule has 4 aromatic carbocycles. The van der Waals surface area contributed by atoms with Crippen molar-refractivity contribution in [1.82, 2.24) is 4.98 Å². The van der Waals surface area contributed by atoms with E-state index in [2.05, 4.69) is 77.8 Å². The summed E-state index contributed by atoms with van der Waals surface area (Å²) in [6.45, 7) is 0. The van der Waals surface area contributed by atoms with Crippen molar-refractivity contribution in [3.05, 3.63) is 102 Å². The van der Waals surface area contributed by atoms with Crippen molar-refractivity contribution in [2.24, 2.45) is 0 Å². The van der Waals surface area contributed by atoms with Crippen LogP contribution in [0.15, 0.2) is 85.1 Å². The monoisotopic (exact) mass is 387 g/mol. The van der Waals surface area contributed by atoms with Crippen LogP contribution in [-0.2, 0) is 17.6 Å². The van der Waals surface area contributed by atoms with Gasteiger partial charge in [0.05, 0.1) is 5.52 Å². The Balaban J connectivity index is 1.47. The highest BCUT2D eigenvalue weighted by atomic mass is 16.1. The molecule has 5 aromatic rings. The van der Waals surface area contributed by atoms with Crippen LogP contribution in [0.5, 0.6) is 0 Å². The number of fused-ring (bicyclic) bond motifs is 6. The number of rotatable bonds is 2. The van der Waals surface area contributed by atoms with Crippen molar-refractivity contribution >= 4 is 38.2 Å². The molecule has 2 heteroatoms. The fourth-order valence-electron chi connectivity index (χ4n) is 5.08. The third-order valence-electron chi connectivity index (χ3n) is 6.57. The van der Waals surface area contributed by atoms with Crippen molar-refractivity contribution < 1.29 is 4.79 Å². The molecule has 144 valence electrons. The molecular formula is C28H21NO. The molecule has 0 saturated carbocycles. The number of ketones is 1. The van der Waals surface area contributed by atoms with E-state index in [1.807, 2.05) is 12.3 Å². The maximum absolute atomic E-state index is 13.0. The number of Topliss-reactive ketones (excluding diaryl/α,β-unsaturated/α-hetero) is 1. The van der Waals surface area contributed by atoms with Gasteiger partial charge in [-0.2, -0.15) is 0 Å². The second-order valence-electron chi connectivity index (χ2n) is 8.27. The Morgan fingerprint density at radius 2 is 1.63 bits per heavy atom. The first-order valence-electron chi connectivity index (χ1n) is 10.6. The molecule has 1 aromatic heterocycles. The van der Waals surface area contributed by atoms with Gasteiger partial charge >= 0.3 is 0 Å². The Labute approximate surface area is 175 Å². The summed E-state index contributed by atoms with van der Waals surface area (Å²) in [5, 5.41) is 6.26. The van der Waals surface area contributed by atoms with Gasteiger partial charge in [-0.3, -0.25) is 9.78 Å². The summed E-state index contributed by atoms with van der Waals surface area (Å²) in [4.78, 5) is 17.4. The predicted molar refractivity (Wildman–Crippen MR) is 123 cm³/mol. The van der Waals surface area contributed by atoms with E-state index in [1.165, 1.54) is 38.2 Å². The number of aromatic nitrogens is 1. The number of hydrogen-bond acceptors (Lipinski definition) is 2. The van der Waals surface area contributed by atoms with Crippen LogP contribution in [0.25, 0.3) is 32.4 Å². The maximum Gasteiger partial charge on any atom is 0.141 e. The van der Waals surface area contributed by atoms with Crippen molar-refractivity contribution in [2.45, 2.75) is 25.2 Å². The van der Waals surface area contributed by atoms with Crippen molar-refractivity contribution in [2.75, 3.05) is 0 Å². The quantitative estimate of drug-likeness (QED) is 0.329. The summed E-state index contributed by atoms with van der Waals surface area (Å²) in [5.74, 6) is 0.285. The number of carbonyl (C=O) groups excluding carboxylic acids is 1. The fourth-order valence-corrected chi connectivity index (χ4v) is 5.08. The van der Waals surface area contributed by atoms with Gasteiger partial charge < -0.3 is 0 Å².